The van der Waals surface area contributed by atoms with Crippen molar-refractivity contribution in [3.05, 3.63) is 65.9 Å². The van der Waals surface area contributed by atoms with Gasteiger partial charge in [0.2, 0.25) is 0 Å². The Morgan fingerprint density at radius 1 is 0.962 bits per heavy atom. The molecular formula is C20H15ClN4O. The Kier molecular flexibility index (Phi) is 4.14. The van der Waals surface area contributed by atoms with Gasteiger partial charge < -0.3 is 10.5 Å². The van der Waals surface area contributed by atoms with Crippen molar-refractivity contribution >= 4 is 28.5 Å². The topological polar surface area (TPSA) is 73.9 Å². The molecule has 0 bridgehead atoms. The summed E-state index contributed by atoms with van der Waals surface area (Å²) in [7, 11) is 1.64. The van der Waals surface area contributed by atoms with Crippen molar-refractivity contribution in [3.8, 4) is 28.1 Å². The molecule has 2 aromatic carbocycles. The molecular weight excluding hydrogens is 348 g/mol. The number of anilines is 1. The summed E-state index contributed by atoms with van der Waals surface area (Å²) in [5.41, 5.74) is 10.1. The number of hydrogen-bond acceptors (Lipinski definition) is 5. The fourth-order valence-corrected chi connectivity index (χ4v) is 3.13. The first-order valence-electron chi connectivity index (χ1n) is 7.98. The lowest BCUT2D eigenvalue weighted by Gasteiger charge is -2.12. The Bertz CT molecular complexity index is 1100. The number of aromatic nitrogens is 3. The van der Waals surface area contributed by atoms with Crippen molar-refractivity contribution in [2.24, 2.45) is 0 Å². The number of benzene rings is 2. The van der Waals surface area contributed by atoms with E-state index in [1.807, 2.05) is 54.6 Å². The molecule has 0 aliphatic carbocycles. The molecule has 0 radical (unpaired) electrons. The van der Waals surface area contributed by atoms with E-state index in [1.165, 1.54) is 6.33 Å². The maximum atomic E-state index is 6.37. The highest BCUT2D eigenvalue weighted by Gasteiger charge is 2.15. The summed E-state index contributed by atoms with van der Waals surface area (Å²) >= 11 is 6.37. The van der Waals surface area contributed by atoms with Crippen molar-refractivity contribution in [1.29, 1.82) is 0 Å². The molecule has 128 valence electrons. The average Bonchev–Trinajstić information content (AvgIpc) is 2.68. The highest BCUT2D eigenvalue weighted by Crippen LogP contribution is 2.36. The number of nitrogen functional groups attached to an aromatic ring is 1. The van der Waals surface area contributed by atoms with E-state index in [4.69, 9.17) is 22.1 Å². The van der Waals surface area contributed by atoms with Crippen molar-refractivity contribution in [2.75, 3.05) is 12.8 Å². The molecule has 0 saturated carbocycles. The molecule has 0 amide bonds. The third-order valence-electron chi connectivity index (χ3n) is 4.18. The Balaban J connectivity index is 2.01. The molecule has 0 atom stereocenters. The van der Waals surface area contributed by atoms with Crippen molar-refractivity contribution in [3.63, 3.8) is 0 Å². The van der Waals surface area contributed by atoms with Crippen molar-refractivity contribution in [2.45, 2.75) is 0 Å². The number of rotatable bonds is 3. The second-order valence-corrected chi connectivity index (χ2v) is 6.13. The summed E-state index contributed by atoms with van der Waals surface area (Å²) in [6.07, 6.45) is 1.42. The van der Waals surface area contributed by atoms with Crippen LogP contribution in [0.15, 0.2) is 60.9 Å². The minimum absolute atomic E-state index is 0.388. The summed E-state index contributed by atoms with van der Waals surface area (Å²) in [6.45, 7) is 0. The van der Waals surface area contributed by atoms with Gasteiger partial charge in [0.1, 0.15) is 17.9 Å². The van der Waals surface area contributed by atoms with E-state index < -0.39 is 0 Å². The van der Waals surface area contributed by atoms with Gasteiger partial charge in [-0.15, -0.1) is 0 Å². The number of pyridine rings is 1. The van der Waals surface area contributed by atoms with Gasteiger partial charge in [0.05, 0.1) is 18.2 Å². The van der Waals surface area contributed by atoms with Crippen LogP contribution < -0.4 is 10.5 Å². The van der Waals surface area contributed by atoms with Crippen molar-refractivity contribution < 1.29 is 4.74 Å². The Morgan fingerprint density at radius 3 is 2.46 bits per heavy atom. The van der Waals surface area contributed by atoms with Crippen LogP contribution in [0.1, 0.15) is 0 Å². The van der Waals surface area contributed by atoms with E-state index in [9.17, 15) is 0 Å². The molecule has 0 aliphatic heterocycles. The first-order chi connectivity index (χ1) is 12.7. The molecule has 2 N–H and O–H groups in total. The number of nitrogens with zero attached hydrogens (tertiary/aromatic N) is 3. The van der Waals surface area contributed by atoms with Gasteiger partial charge in [-0.25, -0.2) is 15.0 Å². The predicted molar refractivity (Wildman–Crippen MR) is 104 cm³/mol. The molecule has 0 fully saturated rings. The Labute approximate surface area is 155 Å². The number of halogens is 1. The third-order valence-corrected chi connectivity index (χ3v) is 4.51. The molecule has 4 rings (SSSR count). The number of fused-ring (bicyclic) bond motifs is 1. The number of ether oxygens (including phenoxy) is 1. The van der Waals surface area contributed by atoms with Gasteiger partial charge in [0.25, 0.3) is 0 Å². The Hall–Kier alpha value is -3.18. The molecule has 2 aromatic heterocycles. The van der Waals surface area contributed by atoms with Gasteiger partial charge in [-0.1, -0.05) is 41.9 Å². The molecule has 5 nitrogen and oxygen atoms in total. The highest BCUT2D eigenvalue weighted by molar-refractivity contribution is 6.33. The standard InChI is InChI=1S/C20H15ClN4O/c1-26-13-8-6-12(7-9-13)15-10-17(14-4-2-3-5-16(14)21)25-20-18(15)19(22)23-11-24-20/h2-11H,1H3,(H2,22,23,24,25). The first kappa shape index (κ1) is 16.3. The molecule has 0 saturated heterocycles. The lowest BCUT2D eigenvalue weighted by molar-refractivity contribution is 0.415. The lowest BCUT2D eigenvalue weighted by atomic mass is 9.99. The van der Waals surface area contributed by atoms with Crippen LogP contribution in [0, 0.1) is 0 Å². The fraction of sp³-hybridized carbons (Fsp3) is 0.0500. The third kappa shape index (κ3) is 2.82. The van der Waals surface area contributed by atoms with Crippen LogP contribution in [0.4, 0.5) is 5.82 Å². The van der Waals surface area contributed by atoms with Crippen LogP contribution in [0.3, 0.4) is 0 Å². The Morgan fingerprint density at radius 2 is 1.73 bits per heavy atom. The maximum Gasteiger partial charge on any atom is 0.165 e. The minimum atomic E-state index is 0.388. The second kappa shape index (κ2) is 6.61. The average molecular weight is 363 g/mol. The second-order valence-electron chi connectivity index (χ2n) is 5.72. The number of nitrogens with two attached hydrogens (primary N) is 1. The van der Waals surface area contributed by atoms with Crippen LogP contribution in [0.2, 0.25) is 5.02 Å². The van der Waals surface area contributed by atoms with Gasteiger partial charge in [-0.2, -0.15) is 0 Å². The predicted octanol–water partition coefficient (Wildman–Crippen LogP) is 4.60. The summed E-state index contributed by atoms with van der Waals surface area (Å²) in [5.74, 6) is 1.17. The van der Waals surface area contributed by atoms with Crippen LogP contribution in [-0.2, 0) is 0 Å². The first-order valence-corrected chi connectivity index (χ1v) is 8.35. The van der Waals surface area contributed by atoms with Crippen LogP contribution in [0.25, 0.3) is 33.4 Å². The minimum Gasteiger partial charge on any atom is -0.497 e. The van der Waals surface area contributed by atoms with E-state index >= 15 is 0 Å². The van der Waals surface area contributed by atoms with Gasteiger partial charge >= 0.3 is 0 Å². The molecule has 0 aliphatic rings. The van der Waals surface area contributed by atoms with E-state index in [1.54, 1.807) is 7.11 Å². The van der Waals surface area contributed by atoms with Crippen LogP contribution in [0.5, 0.6) is 5.75 Å². The zero-order valence-electron chi connectivity index (χ0n) is 14.0. The molecule has 2 heterocycles. The van der Waals surface area contributed by atoms with Crippen molar-refractivity contribution in [1.82, 2.24) is 15.0 Å². The number of methoxy groups -OCH3 is 1. The SMILES string of the molecule is COc1ccc(-c2cc(-c3ccccc3Cl)nc3ncnc(N)c23)cc1. The molecule has 0 unspecified atom stereocenters. The van der Waals surface area contributed by atoms with Gasteiger partial charge in [0, 0.05) is 10.6 Å². The van der Waals surface area contributed by atoms with E-state index in [0.29, 0.717) is 21.9 Å². The summed E-state index contributed by atoms with van der Waals surface area (Å²) in [4.78, 5) is 13.1. The summed E-state index contributed by atoms with van der Waals surface area (Å²) in [6, 6.07) is 17.3. The van der Waals surface area contributed by atoms with Gasteiger partial charge in [0.15, 0.2) is 5.65 Å². The monoisotopic (exact) mass is 362 g/mol. The highest BCUT2D eigenvalue weighted by atomic mass is 35.5. The molecule has 6 heteroatoms. The molecule has 0 spiro atoms. The fourth-order valence-electron chi connectivity index (χ4n) is 2.89. The molecule has 26 heavy (non-hydrogen) atoms. The lowest BCUT2D eigenvalue weighted by Crippen LogP contribution is -1.99. The summed E-state index contributed by atoms with van der Waals surface area (Å²) in [5, 5.41) is 1.34. The van der Waals surface area contributed by atoms with Gasteiger partial charge in [-0.05, 0) is 35.4 Å². The van der Waals surface area contributed by atoms with E-state index in [2.05, 4.69) is 15.0 Å². The van der Waals surface area contributed by atoms with Crippen LogP contribution >= 0.6 is 11.6 Å². The van der Waals surface area contributed by atoms with Gasteiger partial charge in [-0.3, -0.25) is 0 Å². The summed E-state index contributed by atoms with van der Waals surface area (Å²) < 4.78 is 5.25. The largest absolute Gasteiger partial charge is 0.497 e. The zero-order valence-corrected chi connectivity index (χ0v) is 14.7. The number of hydrogen-bond donors (Lipinski definition) is 1. The smallest absolute Gasteiger partial charge is 0.165 e. The zero-order chi connectivity index (χ0) is 18.1. The van der Waals surface area contributed by atoms with E-state index in [0.717, 1.165) is 28.1 Å². The quantitative estimate of drug-likeness (QED) is 0.576. The van der Waals surface area contributed by atoms with E-state index in [-0.39, 0.29) is 0 Å². The molecule has 4 aromatic rings. The normalized spacial score (nSPS) is 10.8. The van der Waals surface area contributed by atoms with Crippen LogP contribution in [-0.4, -0.2) is 22.1 Å². The maximum absolute atomic E-state index is 6.37.